The van der Waals surface area contributed by atoms with E-state index in [2.05, 4.69) is 35.3 Å². The number of benzene rings is 1. The summed E-state index contributed by atoms with van der Waals surface area (Å²) in [7, 11) is 0. The van der Waals surface area contributed by atoms with Crippen molar-refractivity contribution in [1.82, 2.24) is 30.2 Å². The second-order valence-electron chi connectivity index (χ2n) is 8.02. The number of aliphatic hydroxyl groups excluding tert-OH is 1. The van der Waals surface area contributed by atoms with Gasteiger partial charge >= 0.3 is 0 Å². The Morgan fingerprint density at radius 2 is 1.86 bits per heavy atom. The number of para-hydroxylation sites is 1. The van der Waals surface area contributed by atoms with Crippen LogP contribution in [0.25, 0.3) is 5.69 Å². The van der Waals surface area contributed by atoms with Crippen LogP contribution in [0.1, 0.15) is 19.3 Å². The first-order valence-corrected chi connectivity index (χ1v) is 10.0. The maximum atomic E-state index is 10.6. The van der Waals surface area contributed by atoms with Gasteiger partial charge in [0.05, 0.1) is 18.0 Å². The van der Waals surface area contributed by atoms with E-state index in [1.807, 2.05) is 30.3 Å². The Balaban J connectivity index is 1.32. The summed E-state index contributed by atoms with van der Waals surface area (Å²) in [6.45, 7) is 3.21. The van der Waals surface area contributed by atoms with Gasteiger partial charge in [0.15, 0.2) is 0 Å². The molecule has 2 fully saturated rings. The molecule has 0 saturated carbocycles. The molecule has 2 aliphatic rings. The number of rotatable bonds is 3. The van der Waals surface area contributed by atoms with Crippen LogP contribution in [-0.2, 0) is 0 Å². The number of hydrogen-bond acceptors (Lipinski definition) is 8. The molecule has 0 amide bonds. The molecule has 1 aromatic carbocycles. The van der Waals surface area contributed by atoms with Crippen molar-refractivity contribution in [1.29, 1.82) is 0 Å². The van der Waals surface area contributed by atoms with Gasteiger partial charge in [0, 0.05) is 38.6 Å². The minimum Gasteiger partial charge on any atom is -0.391 e. The Morgan fingerprint density at radius 1 is 1.03 bits per heavy atom. The van der Waals surface area contributed by atoms with E-state index in [1.165, 1.54) is 0 Å². The van der Waals surface area contributed by atoms with E-state index in [9.17, 15) is 5.11 Å². The standard InChI is InChI=1S/C20H24N8O/c29-17-12-20(15-27(14-17)18-13-21-8-9-22-18)6-10-26(11-7-20)19-23-24-25-28(19)16-4-2-1-3-5-16/h1-5,8-9,13,17,29H,6-7,10-12,14-15H2. The van der Waals surface area contributed by atoms with Crippen molar-refractivity contribution >= 4 is 11.8 Å². The highest BCUT2D eigenvalue weighted by Gasteiger charge is 2.42. The Morgan fingerprint density at radius 3 is 2.62 bits per heavy atom. The summed E-state index contributed by atoms with van der Waals surface area (Å²) >= 11 is 0. The van der Waals surface area contributed by atoms with Crippen LogP contribution >= 0.6 is 0 Å². The summed E-state index contributed by atoms with van der Waals surface area (Å²) in [6.07, 6.45) is 7.57. The van der Waals surface area contributed by atoms with Crippen molar-refractivity contribution in [3.05, 3.63) is 48.9 Å². The van der Waals surface area contributed by atoms with Gasteiger partial charge in [-0.05, 0) is 47.2 Å². The fourth-order valence-electron chi connectivity index (χ4n) is 4.64. The first-order valence-electron chi connectivity index (χ1n) is 10.0. The number of nitrogens with zero attached hydrogens (tertiary/aromatic N) is 8. The molecule has 0 bridgehead atoms. The summed E-state index contributed by atoms with van der Waals surface area (Å²) in [5.74, 6) is 1.61. The Kier molecular flexibility index (Phi) is 4.59. The highest BCUT2D eigenvalue weighted by molar-refractivity contribution is 5.42. The van der Waals surface area contributed by atoms with Crippen molar-refractivity contribution in [3.63, 3.8) is 0 Å². The molecule has 2 aliphatic heterocycles. The predicted molar refractivity (Wildman–Crippen MR) is 108 cm³/mol. The van der Waals surface area contributed by atoms with Crippen LogP contribution in [0.15, 0.2) is 48.9 Å². The largest absolute Gasteiger partial charge is 0.391 e. The van der Waals surface area contributed by atoms with Gasteiger partial charge < -0.3 is 14.9 Å². The van der Waals surface area contributed by atoms with E-state index >= 15 is 0 Å². The molecule has 1 spiro atoms. The molecule has 5 rings (SSSR count). The average Bonchev–Trinajstić information content (AvgIpc) is 3.25. The molecular weight excluding hydrogens is 368 g/mol. The topological polar surface area (TPSA) is 96.1 Å². The Labute approximate surface area is 169 Å². The number of β-amino-alcohol motifs (C(OH)–C–C–N with tert-alkyl or cyclic N) is 1. The quantitative estimate of drug-likeness (QED) is 0.713. The summed E-state index contributed by atoms with van der Waals surface area (Å²) in [4.78, 5) is 13.0. The molecule has 1 atom stereocenters. The molecule has 2 saturated heterocycles. The molecule has 1 N–H and O–H groups in total. The lowest BCUT2D eigenvalue weighted by Gasteiger charge is -2.49. The van der Waals surface area contributed by atoms with E-state index in [-0.39, 0.29) is 11.5 Å². The number of tetrazole rings is 1. The molecule has 150 valence electrons. The van der Waals surface area contributed by atoms with Crippen molar-refractivity contribution in [3.8, 4) is 5.69 Å². The molecule has 3 aromatic rings. The van der Waals surface area contributed by atoms with E-state index < -0.39 is 0 Å². The fraction of sp³-hybridized carbons (Fsp3) is 0.450. The lowest BCUT2D eigenvalue weighted by Crippen LogP contribution is -2.54. The molecular formula is C20H24N8O. The lowest BCUT2D eigenvalue weighted by atomic mass is 9.71. The Bertz CT molecular complexity index is 939. The number of hydrogen-bond donors (Lipinski definition) is 1. The van der Waals surface area contributed by atoms with Gasteiger partial charge in [0.2, 0.25) is 5.95 Å². The first kappa shape index (κ1) is 18.0. The molecule has 0 aliphatic carbocycles. The average molecular weight is 392 g/mol. The Hall–Kier alpha value is -3.07. The fourth-order valence-corrected chi connectivity index (χ4v) is 4.64. The number of piperidine rings is 2. The van der Waals surface area contributed by atoms with Crippen molar-refractivity contribution in [2.24, 2.45) is 5.41 Å². The molecule has 29 heavy (non-hydrogen) atoms. The van der Waals surface area contributed by atoms with Crippen molar-refractivity contribution in [2.45, 2.75) is 25.4 Å². The van der Waals surface area contributed by atoms with Gasteiger partial charge in [0.1, 0.15) is 5.82 Å². The van der Waals surface area contributed by atoms with E-state index in [4.69, 9.17) is 0 Å². The molecule has 2 aromatic heterocycles. The molecule has 1 unspecified atom stereocenters. The van der Waals surface area contributed by atoms with Crippen LogP contribution in [0.4, 0.5) is 11.8 Å². The summed E-state index contributed by atoms with van der Waals surface area (Å²) in [5, 5.41) is 22.9. The van der Waals surface area contributed by atoms with Gasteiger partial charge in [-0.15, -0.1) is 0 Å². The summed E-state index contributed by atoms with van der Waals surface area (Å²) in [5.41, 5.74) is 1.02. The molecule has 4 heterocycles. The third kappa shape index (κ3) is 3.53. The summed E-state index contributed by atoms with van der Waals surface area (Å²) in [6, 6.07) is 9.95. The smallest absolute Gasteiger partial charge is 0.250 e. The second-order valence-corrected chi connectivity index (χ2v) is 8.02. The first-order chi connectivity index (χ1) is 14.2. The van der Waals surface area contributed by atoms with Crippen LogP contribution in [0.3, 0.4) is 0 Å². The molecule has 0 radical (unpaired) electrons. The minimum absolute atomic E-state index is 0.0662. The van der Waals surface area contributed by atoms with E-state index in [0.29, 0.717) is 6.54 Å². The number of anilines is 2. The third-order valence-electron chi connectivity index (χ3n) is 6.06. The maximum Gasteiger partial charge on any atom is 0.250 e. The molecule has 9 nitrogen and oxygen atoms in total. The number of aliphatic hydroxyl groups is 1. The second kappa shape index (κ2) is 7.40. The number of aromatic nitrogens is 6. The van der Waals surface area contributed by atoms with Crippen LogP contribution in [0.2, 0.25) is 0 Å². The van der Waals surface area contributed by atoms with Gasteiger partial charge in [-0.3, -0.25) is 4.98 Å². The van der Waals surface area contributed by atoms with Gasteiger partial charge in [-0.25, -0.2) is 4.98 Å². The van der Waals surface area contributed by atoms with Crippen LogP contribution in [-0.4, -0.2) is 67.6 Å². The monoisotopic (exact) mass is 392 g/mol. The van der Waals surface area contributed by atoms with Gasteiger partial charge in [-0.2, -0.15) is 4.68 Å². The minimum atomic E-state index is -0.355. The van der Waals surface area contributed by atoms with Crippen molar-refractivity contribution < 1.29 is 5.11 Å². The lowest BCUT2D eigenvalue weighted by molar-refractivity contribution is 0.0593. The zero-order chi connectivity index (χ0) is 19.7. The highest BCUT2D eigenvalue weighted by atomic mass is 16.3. The predicted octanol–water partition coefficient (Wildman–Crippen LogP) is 1.31. The van der Waals surface area contributed by atoms with Crippen LogP contribution < -0.4 is 9.80 Å². The summed E-state index contributed by atoms with van der Waals surface area (Å²) < 4.78 is 1.79. The van der Waals surface area contributed by atoms with Crippen LogP contribution in [0.5, 0.6) is 0 Å². The third-order valence-corrected chi connectivity index (χ3v) is 6.06. The van der Waals surface area contributed by atoms with E-state index in [0.717, 1.165) is 56.4 Å². The zero-order valence-electron chi connectivity index (χ0n) is 16.2. The highest BCUT2D eigenvalue weighted by Crippen LogP contribution is 2.41. The SMILES string of the molecule is OC1CN(c2cnccn2)CC2(CCN(c3nnnn3-c3ccccc3)CC2)C1. The van der Waals surface area contributed by atoms with Crippen LogP contribution in [0, 0.1) is 5.41 Å². The van der Waals surface area contributed by atoms with E-state index in [1.54, 1.807) is 23.3 Å². The van der Waals surface area contributed by atoms with Gasteiger partial charge in [-0.1, -0.05) is 23.3 Å². The zero-order valence-corrected chi connectivity index (χ0v) is 16.2. The van der Waals surface area contributed by atoms with Gasteiger partial charge in [0.25, 0.3) is 0 Å². The van der Waals surface area contributed by atoms with Crippen molar-refractivity contribution in [2.75, 3.05) is 36.0 Å². The molecule has 9 heteroatoms. The maximum absolute atomic E-state index is 10.6. The normalized spacial score (nSPS) is 21.5.